The molecule has 0 bridgehead atoms. The number of aliphatic hydroxyl groups is 1. The molecule has 104 valence electrons. The molecule has 18 heavy (non-hydrogen) atoms. The molecule has 0 aromatic heterocycles. The maximum atomic E-state index is 10.1. The normalized spacial score (nSPS) is 37.8. The molecule has 2 heteroatoms. The van der Waals surface area contributed by atoms with E-state index < -0.39 is 0 Å². The highest BCUT2D eigenvalue weighted by Crippen LogP contribution is 2.51. The van der Waals surface area contributed by atoms with Crippen LogP contribution in [0.1, 0.15) is 70.6 Å². The second-order valence-electron chi connectivity index (χ2n) is 6.96. The Labute approximate surface area is 112 Å². The molecule has 1 spiro atoms. The molecule has 3 rings (SSSR count). The van der Waals surface area contributed by atoms with Crippen molar-refractivity contribution in [2.24, 2.45) is 5.41 Å². The number of aliphatic hydroxyl groups excluding tert-OH is 1. The summed E-state index contributed by atoms with van der Waals surface area (Å²) in [7, 11) is 0. The fourth-order valence-corrected chi connectivity index (χ4v) is 4.85. The van der Waals surface area contributed by atoms with E-state index in [1.54, 1.807) is 0 Å². The lowest BCUT2D eigenvalue weighted by molar-refractivity contribution is -0.0253. The van der Waals surface area contributed by atoms with Crippen LogP contribution in [0, 0.1) is 5.41 Å². The van der Waals surface area contributed by atoms with Crippen LogP contribution in [-0.4, -0.2) is 35.2 Å². The minimum Gasteiger partial charge on any atom is -0.393 e. The summed E-state index contributed by atoms with van der Waals surface area (Å²) in [6, 6.07) is 0.696. The van der Waals surface area contributed by atoms with E-state index in [1.165, 1.54) is 70.9 Å². The van der Waals surface area contributed by atoms with Crippen molar-refractivity contribution in [1.82, 2.24) is 4.90 Å². The zero-order valence-corrected chi connectivity index (χ0v) is 11.7. The number of hydrogen-bond acceptors (Lipinski definition) is 2. The first-order valence-corrected chi connectivity index (χ1v) is 8.22. The van der Waals surface area contributed by atoms with E-state index in [0.717, 1.165) is 12.8 Å². The summed E-state index contributed by atoms with van der Waals surface area (Å²) < 4.78 is 0. The van der Waals surface area contributed by atoms with Crippen molar-refractivity contribution in [2.45, 2.75) is 82.8 Å². The lowest BCUT2D eigenvalue weighted by atomic mass is 9.67. The molecule has 2 saturated carbocycles. The minimum absolute atomic E-state index is 0.0236. The van der Waals surface area contributed by atoms with E-state index >= 15 is 0 Å². The van der Waals surface area contributed by atoms with Crippen molar-refractivity contribution in [2.75, 3.05) is 13.1 Å². The first kappa shape index (κ1) is 12.9. The smallest absolute Gasteiger partial charge is 0.0555 e. The van der Waals surface area contributed by atoms with Crippen LogP contribution in [0.4, 0.5) is 0 Å². The monoisotopic (exact) mass is 251 g/mol. The Morgan fingerprint density at radius 2 is 1.50 bits per heavy atom. The topological polar surface area (TPSA) is 23.5 Å². The molecule has 1 saturated heterocycles. The maximum Gasteiger partial charge on any atom is 0.0555 e. The first-order valence-electron chi connectivity index (χ1n) is 8.22. The van der Waals surface area contributed by atoms with Crippen LogP contribution in [0.2, 0.25) is 0 Å². The predicted octanol–water partition coefficient (Wildman–Crippen LogP) is 3.34. The Hall–Kier alpha value is -0.0800. The molecule has 3 aliphatic rings. The molecule has 0 radical (unpaired) electrons. The average molecular weight is 251 g/mol. The second kappa shape index (κ2) is 5.50. The van der Waals surface area contributed by atoms with Crippen LogP contribution in [-0.2, 0) is 0 Å². The lowest BCUT2D eigenvalue weighted by Crippen LogP contribution is -2.51. The van der Waals surface area contributed by atoms with Crippen molar-refractivity contribution in [3.05, 3.63) is 0 Å². The second-order valence-corrected chi connectivity index (χ2v) is 6.96. The first-order chi connectivity index (χ1) is 8.80. The molecular formula is C16H29NO. The van der Waals surface area contributed by atoms with E-state index in [1.807, 2.05) is 0 Å². The van der Waals surface area contributed by atoms with Gasteiger partial charge in [0.1, 0.15) is 0 Å². The Balaban J connectivity index is 1.76. The highest BCUT2D eigenvalue weighted by Gasteiger charge is 2.46. The SMILES string of the molecule is OC1CCC2(CCCC2)C(N2CCCCCC2)C1. The van der Waals surface area contributed by atoms with Gasteiger partial charge in [0.2, 0.25) is 0 Å². The third kappa shape index (κ3) is 2.46. The van der Waals surface area contributed by atoms with Crippen LogP contribution >= 0.6 is 0 Å². The van der Waals surface area contributed by atoms with E-state index in [2.05, 4.69) is 4.90 Å². The van der Waals surface area contributed by atoms with Gasteiger partial charge in [-0.2, -0.15) is 0 Å². The highest BCUT2D eigenvalue weighted by atomic mass is 16.3. The summed E-state index contributed by atoms with van der Waals surface area (Å²) in [6.07, 6.45) is 14.7. The Kier molecular flexibility index (Phi) is 3.95. The summed E-state index contributed by atoms with van der Waals surface area (Å²) in [6.45, 7) is 2.58. The van der Waals surface area contributed by atoms with Crippen molar-refractivity contribution >= 4 is 0 Å². The summed E-state index contributed by atoms with van der Waals surface area (Å²) in [5.74, 6) is 0. The predicted molar refractivity (Wildman–Crippen MR) is 74.6 cm³/mol. The number of hydrogen-bond donors (Lipinski definition) is 1. The fraction of sp³-hybridized carbons (Fsp3) is 1.00. The van der Waals surface area contributed by atoms with Gasteiger partial charge >= 0.3 is 0 Å². The fourth-order valence-electron chi connectivity index (χ4n) is 4.85. The molecule has 2 atom stereocenters. The largest absolute Gasteiger partial charge is 0.393 e. The quantitative estimate of drug-likeness (QED) is 0.772. The number of rotatable bonds is 1. The summed E-state index contributed by atoms with van der Waals surface area (Å²) in [4.78, 5) is 2.76. The van der Waals surface area contributed by atoms with Gasteiger partial charge in [-0.25, -0.2) is 0 Å². The van der Waals surface area contributed by atoms with Gasteiger partial charge < -0.3 is 5.11 Å². The minimum atomic E-state index is -0.0236. The Morgan fingerprint density at radius 1 is 0.833 bits per heavy atom. The highest BCUT2D eigenvalue weighted by molar-refractivity contribution is 5.00. The van der Waals surface area contributed by atoms with Gasteiger partial charge in [0, 0.05) is 6.04 Å². The van der Waals surface area contributed by atoms with Gasteiger partial charge in [0.05, 0.1) is 6.10 Å². The zero-order valence-electron chi connectivity index (χ0n) is 11.7. The summed E-state index contributed by atoms with van der Waals surface area (Å²) >= 11 is 0. The summed E-state index contributed by atoms with van der Waals surface area (Å²) in [5, 5.41) is 10.1. The lowest BCUT2D eigenvalue weighted by Gasteiger charge is -2.48. The molecule has 0 aromatic rings. The van der Waals surface area contributed by atoms with Crippen molar-refractivity contribution in [1.29, 1.82) is 0 Å². The third-order valence-corrected chi connectivity index (χ3v) is 5.86. The van der Waals surface area contributed by atoms with Gasteiger partial charge in [-0.1, -0.05) is 25.7 Å². The van der Waals surface area contributed by atoms with E-state index in [0.29, 0.717) is 11.5 Å². The van der Waals surface area contributed by atoms with Gasteiger partial charge in [-0.05, 0) is 63.5 Å². The Bertz CT molecular complexity index is 264. The molecular weight excluding hydrogens is 222 g/mol. The van der Waals surface area contributed by atoms with Gasteiger partial charge in [0.25, 0.3) is 0 Å². The third-order valence-electron chi connectivity index (χ3n) is 5.86. The molecule has 2 unspecified atom stereocenters. The van der Waals surface area contributed by atoms with E-state index in [-0.39, 0.29) is 6.10 Å². The molecule has 1 heterocycles. The van der Waals surface area contributed by atoms with E-state index in [4.69, 9.17) is 0 Å². The van der Waals surface area contributed by atoms with Crippen molar-refractivity contribution in [3.8, 4) is 0 Å². The zero-order chi connectivity index (χ0) is 12.4. The maximum absolute atomic E-state index is 10.1. The molecule has 0 amide bonds. The standard InChI is InChI=1S/C16H29NO/c18-14-7-10-16(8-3-4-9-16)15(13-14)17-11-5-1-2-6-12-17/h14-15,18H,1-13H2. The van der Waals surface area contributed by atoms with Crippen LogP contribution in [0.3, 0.4) is 0 Å². The van der Waals surface area contributed by atoms with Crippen LogP contribution < -0.4 is 0 Å². The van der Waals surface area contributed by atoms with Crippen LogP contribution in [0.25, 0.3) is 0 Å². The molecule has 2 nitrogen and oxygen atoms in total. The molecule has 3 fully saturated rings. The van der Waals surface area contributed by atoms with Gasteiger partial charge in [-0.3, -0.25) is 4.90 Å². The van der Waals surface area contributed by atoms with Crippen LogP contribution in [0.15, 0.2) is 0 Å². The molecule has 2 aliphatic carbocycles. The number of likely N-dealkylation sites (tertiary alicyclic amines) is 1. The van der Waals surface area contributed by atoms with Crippen LogP contribution in [0.5, 0.6) is 0 Å². The van der Waals surface area contributed by atoms with E-state index in [9.17, 15) is 5.11 Å². The van der Waals surface area contributed by atoms with Crippen molar-refractivity contribution < 1.29 is 5.11 Å². The number of nitrogens with zero attached hydrogens (tertiary/aromatic N) is 1. The molecule has 1 aliphatic heterocycles. The average Bonchev–Trinajstić information content (AvgIpc) is 2.68. The summed E-state index contributed by atoms with van der Waals surface area (Å²) in [5.41, 5.74) is 0.587. The Morgan fingerprint density at radius 3 is 2.17 bits per heavy atom. The van der Waals surface area contributed by atoms with Gasteiger partial charge in [-0.15, -0.1) is 0 Å². The molecule has 0 aromatic carbocycles. The van der Waals surface area contributed by atoms with Crippen molar-refractivity contribution in [3.63, 3.8) is 0 Å². The van der Waals surface area contributed by atoms with Gasteiger partial charge in [0.15, 0.2) is 0 Å². The molecule has 1 N–H and O–H groups in total.